The maximum atomic E-state index is 6.22. The predicted octanol–water partition coefficient (Wildman–Crippen LogP) is 5.27. The molecule has 2 aromatic carbocycles. The number of halogens is 1. The third-order valence-corrected chi connectivity index (χ3v) is 4.44. The van der Waals surface area contributed by atoms with Crippen LogP contribution in [-0.2, 0) is 6.42 Å². The Bertz CT molecular complexity index is 913. The topological polar surface area (TPSA) is 46.5 Å². The number of benzene rings is 2. The Morgan fingerprint density at radius 3 is 2.73 bits per heavy atom. The number of fused-ring (bicyclic) bond motifs is 1. The maximum Gasteiger partial charge on any atom is 0.156 e. The highest BCUT2D eigenvalue weighted by Gasteiger charge is 2.25. The van der Waals surface area contributed by atoms with E-state index in [1.807, 2.05) is 36.4 Å². The van der Waals surface area contributed by atoms with Crippen molar-refractivity contribution in [3.63, 3.8) is 0 Å². The Kier molecular flexibility index (Phi) is 4.84. The highest BCUT2D eigenvalue weighted by Crippen LogP contribution is 2.35. The summed E-state index contributed by atoms with van der Waals surface area (Å²) >= 11 is 6.11. The summed E-state index contributed by atoms with van der Waals surface area (Å²) in [7, 11) is 0. The molecule has 130 valence electrons. The molecule has 5 heteroatoms. The van der Waals surface area contributed by atoms with Gasteiger partial charge in [-0.25, -0.2) is 4.99 Å². The molecule has 26 heavy (non-hydrogen) atoms. The molecule has 0 fully saturated rings. The highest BCUT2D eigenvalue weighted by molar-refractivity contribution is 6.31. The summed E-state index contributed by atoms with van der Waals surface area (Å²) in [6.45, 7) is 0. The summed E-state index contributed by atoms with van der Waals surface area (Å²) in [5.74, 6) is 1.52. The first-order valence-corrected chi connectivity index (χ1v) is 8.91. The summed E-state index contributed by atoms with van der Waals surface area (Å²) in [4.78, 5) is 8.91. The molecule has 2 heterocycles. The van der Waals surface area contributed by atoms with Gasteiger partial charge in [-0.1, -0.05) is 41.9 Å². The minimum Gasteiger partial charge on any atom is -0.480 e. The van der Waals surface area contributed by atoms with Gasteiger partial charge in [-0.05, 0) is 48.7 Å². The first-order valence-electron chi connectivity index (χ1n) is 8.54. The molecular weight excluding hydrogens is 346 g/mol. The molecule has 0 spiro atoms. The number of pyridine rings is 1. The fourth-order valence-corrected chi connectivity index (χ4v) is 3.09. The van der Waals surface area contributed by atoms with E-state index in [4.69, 9.17) is 21.3 Å². The van der Waals surface area contributed by atoms with Crippen LogP contribution >= 0.6 is 11.6 Å². The number of aliphatic imine (C=N–C) groups is 1. The third kappa shape index (κ3) is 3.86. The van der Waals surface area contributed by atoms with Gasteiger partial charge in [0.25, 0.3) is 0 Å². The minimum atomic E-state index is -0.163. The van der Waals surface area contributed by atoms with Gasteiger partial charge < -0.3 is 10.1 Å². The van der Waals surface area contributed by atoms with E-state index in [9.17, 15) is 0 Å². The lowest BCUT2D eigenvalue weighted by Crippen LogP contribution is -2.35. The average molecular weight is 364 g/mol. The van der Waals surface area contributed by atoms with Crippen LogP contribution in [0.3, 0.4) is 0 Å². The zero-order chi connectivity index (χ0) is 17.8. The smallest absolute Gasteiger partial charge is 0.156 e. The van der Waals surface area contributed by atoms with E-state index < -0.39 is 0 Å². The number of hydrogen-bond donors (Lipinski definition) is 1. The molecule has 0 saturated heterocycles. The van der Waals surface area contributed by atoms with Gasteiger partial charge in [0.15, 0.2) is 6.10 Å². The molecule has 0 amide bonds. The van der Waals surface area contributed by atoms with Crippen LogP contribution in [0.4, 0.5) is 11.4 Å². The number of amidine groups is 1. The summed E-state index contributed by atoms with van der Waals surface area (Å²) < 4.78 is 6.22. The van der Waals surface area contributed by atoms with Crippen LogP contribution in [-0.4, -0.2) is 16.9 Å². The van der Waals surface area contributed by atoms with Crippen LogP contribution in [0, 0.1) is 0 Å². The largest absolute Gasteiger partial charge is 0.480 e. The van der Waals surface area contributed by atoms with E-state index in [2.05, 4.69) is 34.6 Å². The Morgan fingerprint density at radius 2 is 1.92 bits per heavy atom. The number of aryl methyl sites for hydroxylation is 1. The van der Waals surface area contributed by atoms with Gasteiger partial charge in [0.2, 0.25) is 0 Å². The van der Waals surface area contributed by atoms with Gasteiger partial charge in [0, 0.05) is 11.2 Å². The van der Waals surface area contributed by atoms with Gasteiger partial charge in [0.1, 0.15) is 17.3 Å². The van der Waals surface area contributed by atoms with Crippen LogP contribution in [0.15, 0.2) is 78.0 Å². The SMILES string of the molecule is Clc1ccc2c(c1)N=C(Nc1cccnc1)[C@H](CCc1ccccc1)O2. The molecule has 0 unspecified atom stereocenters. The second-order valence-corrected chi connectivity index (χ2v) is 6.54. The van der Waals surface area contributed by atoms with Crippen molar-refractivity contribution in [1.29, 1.82) is 0 Å². The van der Waals surface area contributed by atoms with Crippen LogP contribution in [0.5, 0.6) is 5.75 Å². The number of aromatic nitrogens is 1. The number of hydrogen-bond acceptors (Lipinski definition) is 4. The van der Waals surface area contributed by atoms with E-state index in [-0.39, 0.29) is 6.10 Å². The van der Waals surface area contributed by atoms with Crippen molar-refractivity contribution >= 4 is 28.8 Å². The average Bonchev–Trinajstić information content (AvgIpc) is 2.68. The van der Waals surface area contributed by atoms with Crippen molar-refractivity contribution in [3.8, 4) is 5.75 Å². The Hall–Kier alpha value is -2.85. The maximum absolute atomic E-state index is 6.22. The van der Waals surface area contributed by atoms with Crippen molar-refractivity contribution < 1.29 is 4.74 Å². The lowest BCUT2D eigenvalue weighted by molar-refractivity contribution is 0.252. The Morgan fingerprint density at radius 1 is 1.04 bits per heavy atom. The minimum absolute atomic E-state index is 0.163. The summed E-state index contributed by atoms with van der Waals surface area (Å²) in [5, 5.41) is 3.99. The Labute approximate surface area is 157 Å². The summed E-state index contributed by atoms with van der Waals surface area (Å²) in [6, 6.07) is 19.7. The van der Waals surface area contributed by atoms with Gasteiger partial charge in [-0.2, -0.15) is 0 Å². The first kappa shape index (κ1) is 16.6. The molecule has 0 saturated carbocycles. The van der Waals surface area contributed by atoms with Gasteiger partial charge >= 0.3 is 0 Å². The van der Waals surface area contributed by atoms with E-state index in [0.29, 0.717) is 5.02 Å². The van der Waals surface area contributed by atoms with E-state index >= 15 is 0 Å². The summed E-state index contributed by atoms with van der Waals surface area (Å²) in [6.07, 6.45) is 5.07. The van der Waals surface area contributed by atoms with Gasteiger partial charge in [0.05, 0.1) is 11.9 Å². The zero-order valence-electron chi connectivity index (χ0n) is 14.1. The molecule has 0 aliphatic carbocycles. The van der Waals surface area contributed by atoms with Crippen molar-refractivity contribution in [1.82, 2.24) is 4.98 Å². The molecule has 1 aliphatic heterocycles. The second kappa shape index (κ2) is 7.58. The standard InChI is InChI=1S/C21H18ClN3O/c22-16-9-11-19-18(13-16)25-21(24-17-7-4-12-23-14-17)20(26-19)10-8-15-5-2-1-3-6-15/h1-7,9,11-14,20H,8,10H2,(H,24,25)/t20-/m0/s1. The van der Waals surface area contributed by atoms with E-state index in [1.54, 1.807) is 12.4 Å². The molecule has 4 nitrogen and oxygen atoms in total. The highest BCUT2D eigenvalue weighted by atomic mass is 35.5. The van der Waals surface area contributed by atoms with Gasteiger partial charge in [-0.15, -0.1) is 0 Å². The zero-order valence-corrected chi connectivity index (χ0v) is 14.9. The monoisotopic (exact) mass is 363 g/mol. The lowest BCUT2D eigenvalue weighted by atomic mass is 10.0. The molecule has 0 radical (unpaired) electrons. The van der Waals surface area contributed by atoms with Crippen molar-refractivity contribution in [2.45, 2.75) is 18.9 Å². The van der Waals surface area contributed by atoms with Crippen LogP contribution in [0.1, 0.15) is 12.0 Å². The van der Waals surface area contributed by atoms with Crippen LogP contribution in [0.25, 0.3) is 0 Å². The Balaban J connectivity index is 1.59. The molecule has 0 bridgehead atoms. The number of anilines is 1. The van der Waals surface area contributed by atoms with Crippen molar-refractivity contribution in [3.05, 3.63) is 83.6 Å². The van der Waals surface area contributed by atoms with E-state index in [1.165, 1.54) is 5.56 Å². The van der Waals surface area contributed by atoms with Crippen LogP contribution < -0.4 is 10.1 Å². The molecule has 1 N–H and O–H groups in total. The predicted molar refractivity (Wildman–Crippen MR) is 106 cm³/mol. The molecule has 1 aliphatic rings. The molecule has 1 aromatic heterocycles. The number of ether oxygens (including phenoxy) is 1. The molecule has 3 aromatic rings. The number of nitrogens with one attached hydrogen (secondary N) is 1. The summed E-state index contributed by atoms with van der Waals surface area (Å²) in [5.41, 5.74) is 2.89. The normalized spacial score (nSPS) is 15.6. The molecular formula is C21H18ClN3O. The quantitative estimate of drug-likeness (QED) is 0.686. The number of nitrogens with zero attached hydrogens (tertiary/aromatic N) is 2. The lowest BCUT2D eigenvalue weighted by Gasteiger charge is -2.27. The molecule has 4 rings (SSSR count). The third-order valence-electron chi connectivity index (χ3n) is 4.21. The first-order chi connectivity index (χ1) is 12.8. The number of rotatable bonds is 4. The van der Waals surface area contributed by atoms with Crippen LogP contribution in [0.2, 0.25) is 5.02 Å². The fraction of sp³-hybridized carbons (Fsp3) is 0.143. The van der Waals surface area contributed by atoms with Crippen molar-refractivity contribution in [2.24, 2.45) is 4.99 Å². The van der Waals surface area contributed by atoms with Crippen molar-refractivity contribution in [2.75, 3.05) is 5.32 Å². The molecule has 1 atom stereocenters. The second-order valence-electron chi connectivity index (χ2n) is 6.11. The van der Waals surface area contributed by atoms with E-state index in [0.717, 1.165) is 35.8 Å². The van der Waals surface area contributed by atoms with Gasteiger partial charge in [-0.3, -0.25) is 4.98 Å². The fourth-order valence-electron chi connectivity index (χ4n) is 2.92.